The second kappa shape index (κ2) is 6.73. The summed E-state index contributed by atoms with van der Waals surface area (Å²) in [7, 11) is 1.77. The van der Waals surface area contributed by atoms with Crippen molar-refractivity contribution in [2.75, 3.05) is 7.11 Å². The van der Waals surface area contributed by atoms with Gasteiger partial charge in [0.05, 0.1) is 6.61 Å². The average Bonchev–Trinajstić information content (AvgIpc) is 3.32. The minimum atomic E-state index is 0.715. The van der Waals surface area contributed by atoms with E-state index < -0.39 is 0 Å². The fourth-order valence-corrected chi connectivity index (χ4v) is 3.69. The van der Waals surface area contributed by atoms with Crippen molar-refractivity contribution < 1.29 is 4.74 Å². The molecular formula is C18H27NO. The molecule has 0 amide bonds. The molecule has 2 saturated carbocycles. The highest BCUT2D eigenvalue weighted by molar-refractivity contribution is 5.26. The zero-order chi connectivity index (χ0) is 13.8. The highest BCUT2D eigenvalue weighted by Crippen LogP contribution is 2.43. The number of benzene rings is 1. The molecule has 1 aromatic rings. The minimum absolute atomic E-state index is 0.715. The highest BCUT2D eigenvalue weighted by Gasteiger charge is 2.34. The first kappa shape index (κ1) is 14.1. The van der Waals surface area contributed by atoms with Crippen LogP contribution in [0.4, 0.5) is 0 Å². The molecule has 1 N–H and O–H groups in total. The van der Waals surface area contributed by atoms with Crippen LogP contribution >= 0.6 is 0 Å². The van der Waals surface area contributed by atoms with Gasteiger partial charge in [-0.25, -0.2) is 0 Å². The van der Waals surface area contributed by atoms with Crippen molar-refractivity contribution in [3.05, 3.63) is 35.4 Å². The Bertz CT molecular complexity index is 427. The predicted molar refractivity (Wildman–Crippen MR) is 82.5 cm³/mol. The number of ether oxygens (including phenoxy) is 1. The van der Waals surface area contributed by atoms with Crippen LogP contribution in [-0.4, -0.2) is 13.2 Å². The van der Waals surface area contributed by atoms with E-state index in [-0.39, 0.29) is 0 Å². The van der Waals surface area contributed by atoms with Crippen LogP contribution < -0.4 is 5.32 Å². The summed E-state index contributed by atoms with van der Waals surface area (Å²) in [6, 6.07) is 9.35. The molecule has 0 saturated heterocycles. The number of hydrogen-bond acceptors (Lipinski definition) is 2. The standard InChI is InChI=1S/C18H27NO/c1-20-13-17-6-3-2-5-16(17)12-19-18-8-4-7-15(11-18)14-9-10-14/h2-3,5-6,14-15,18-19H,4,7-13H2,1H3. The lowest BCUT2D eigenvalue weighted by Gasteiger charge is -2.30. The quantitative estimate of drug-likeness (QED) is 0.849. The first-order valence-electron chi connectivity index (χ1n) is 8.16. The number of hydrogen-bond donors (Lipinski definition) is 1. The summed E-state index contributed by atoms with van der Waals surface area (Å²) in [5.74, 6) is 2.08. The average molecular weight is 273 g/mol. The van der Waals surface area contributed by atoms with Gasteiger partial charge in [-0.2, -0.15) is 0 Å². The summed E-state index contributed by atoms with van der Waals surface area (Å²) in [5.41, 5.74) is 2.71. The monoisotopic (exact) mass is 273 g/mol. The van der Waals surface area contributed by atoms with Gasteiger partial charge in [-0.3, -0.25) is 0 Å². The fourth-order valence-electron chi connectivity index (χ4n) is 3.69. The summed E-state index contributed by atoms with van der Waals surface area (Å²) in [6.07, 6.45) is 8.64. The van der Waals surface area contributed by atoms with Gasteiger partial charge >= 0.3 is 0 Å². The third-order valence-electron chi connectivity index (χ3n) is 5.00. The summed E-state index contributed by atoms with van der Waals surface area (Å²) >= 11 is 0. The topological polar surface area (TPSA) is 21.3 Å². The number of methoxy groups -OCH3 is 1. The van der Waals surface area contributed by atoms with E-state index >= 15 is 0 Å². The van der Waals surface area contributed by atoms with Crippen molar-refractivity contribution in [1.82, 2.24) is 5.32 Å². The van der Waals surface area contributed by atoms with Gasteiger partial charge in [0.1, 0.15) is 0 Å². The summed E-state index contributed by atoms with van der Waals surface area (Å²) in [4.78, 5) is 0. The van der Waals surface area contributed by atoms with Gasteiger partial charge in [-0.05, 0) is 48.6 Å². The smallest absolute Gasteiger partial charge is 0.0716 e. The van der Waals surface area contributed by atoms with Crippen molar-refractivity contribution in [2.24, 2.45) is 11.8 Å². The molecule has 110 valence electrons. The molecule has 0 bridgehead atoms. The second-order valence-corrected chi connectivity index (χ2v) is 6.54. The van der Waals surface area contributed by atoms with E-state index in [9.17, 15) is 0 Å². The Morgan fingerprint density at radius 1 is 1.05 bits per heavy atom. The molecule has 2 unspecified atom stereocenters. The zero-order valence-electron chi connectivity index (χ0n) is 12.6. The SMILES string of the molecule is COCc1ccccc1CNC1CCCC(C2CC2)C1. The van der Waals surface area contributed by atoms with Crippen molar-refractivity contribution in [1.29, 1.82) is 0 Å². The largest absolute Gasteiger partial charge is 0.380 e. The van der Waals surface area contributed by atoms with Crippen molar-refractivity contribution in [2.45, 2.75) is 57.7 Å². The lowest BCUT2D eigenvalue weighted by molar-refractivity contribution is 0.183. The van der Waals surface area contributed by atoms with E-state index in [1.807, 2.05) is 0 Å². The van der Waals surface area contributed by atoms with Crippen LogP contribution in [0.5, 0.6) is 0 Å². The van der Waals surface area contributed by atoms with E-state index in [0.717, 1.165) is 24.4 Å². The third kappa shape index (κ3) is 3.62. The zero-order valence-corrected chi connectivity index (χ0v) is 12.6. The van der Waals surface area contributed by atoms with E-state index in [4.69, 9.17) is 4.74 Å². The van der Waals surface area contributed by atoms with E-state index in [1.54, 1.807) is 7.11 Å². The van der Waals surface area contributed by atoms with Gasteiger partial charge in [-0.1, -0.05) is 37.1 Å². The molecule has 2 nitrogen and oxygen atoms in total. The fraction of sp³-hybridized carbons (Fsp3) is 0.667. The Labute approximate surface area is 122 Å². The summed E-state index contributed by atoms with van der Waals surface area (Å²) < 4.78 is 5.29. The van der Waals surface area contributed by atoms with E-state index in [1.165, 1.54) is 49.7 Å². The van der Waals surface area contributed by atoms with E-state index in [2.05, 4.69) is 29.6 Å². The van der Waals surface area contributed by atoms with Crippen LogP contribution in [0.25, 0.3) is 0 Å². The Balaban J connectivity index is 1.53. The number of nitrogens with one attached hydrogen (secondary N) is 1. The van der Waals surface area contributed by atoms with Gasteiger partial charge in [0, 0.05) is 19.7 Å². The summed E-state index contributed by atoms with van der Waals surface area (Å²) in [6.45, 7) is 1.70. The molecular weight excluding hydrogens is 246 g/mol. The Morgan fingerprint density at radius 3 is 2.60 bits per heavy atom. The Hall–Kier alpha value is -0.860. The van der Waals surface area contributed by atoms with Gasteiger partial charge in [0.2, 0.25) is 0 Å². The van der Waals surface area contributed by atoms with Gasteiger partial charge in [0.15, 0.2) is 0 Å². The molecule has 0 aliphatic heterocycles. The molecule has 2 aliphatic rings. The molecule has 2 atom stereocenters. The third-order valence-corrected chi connectivity index (χ3v) is 5.00. The van der Waals surface area contributed by atoms with Crippen molar-refractivity contribution >= 4 is 0 Å². The number of rotatable bonds is 6. The molecule has 2 aliphatic carbocycles. The normalized spacial score (nSPS) is 26.6. The van der Waals surface area contributed by atoms with Crippen LogP contribution in [0, 0.1) is 11.8 Å². The molecule has 2 fully saturated rings. The molecule has 3 rings (SSSR count). The molecule has 2 heteroatoms. The predicted octanol–water partition coefficient (Wildman–Crippen LogP) is 3.89. The first-order chi connectivity index (χ1) is 9.86. The van der Waals surface area contributed by atoms with Crippen LogP contribution in [0.2, 0.25) is 0 Å². The van der Waals surface area contributed by atoms with Crippen LogP contribution in [-0.2, 0) is 17.9 Å². The van der Waals surface area contributed by atoms with Crippen LogP contribution in [0.1, 0.15) is 49.7 Å². The highest BCUT2D eigenvalue weighted by atomic mass is 16.5. The molecule has 20 heavy (non-hydrogen) atoms. The van der Waals surface area contributed by atoms with Crippen molar-refractivity contribution in [3.63, 3.8) is 0 Å². The van der Waals surface area contributed by atoms with Gasteiger partial charge < -0.3 is 10.1 Å². The van der Waals surface area contributed by atoms with Gasteiger partial charge in [-0.15, -0.1) is 0 Å². The van der Waals surface area contributed by atoms with Crippen LogP contribution in [0.15, 0.2) is 24.3 Å². The molecule has 0 radical (unpaired) electrons. The minimum Gasteiger partial charge on any atom is -0.380 e. The lowest BCUT2D eigenvalue weighted by Crippen LogP contribution is -2.34. The molecule has 0 heterocycles. The van der Waals surface area contributed by atoms with Crippen LogP contribution in [0.3, 0.4) is 0 Å². The van der Waals surface area contributed by atoms with E-state index in [0.29, 0.717) is 6.61 Å². The van der Waals surface area contributed by atoms with Crippen molar-refractivity contribution in [3.8, 4) is 0 Å². The second-order valence-electron chi connectivity index (χ2n) is 6.54. The maximum absolute atomic E-state index is 5.29. The Kier molecular flexibility index (Phi) is 4.74. The summed E-state index contributed by atoms with van der Waals surface area (Å²) in [5, 5.41) is 3.79. The maximum atomic E-state index is 5.29. The van der Waals surface area contributed by atoms with Gasteiger partial charge in [0.25, 0.3) is 0 Å². The first-order valence-corrected chi connectivity index (χ1v) is 8.16. The molecule has 1 aromatic carbocycles. The lowest BCUT2D eigenvalue weighted by atomic mass is 9.82. The Morgan fingerprint density at radius 2 is 1.85 bits per heavy atom. The molecule has 0 spiro atoms. The maximum Gasteiger partial charge on any atom is 0.0716 e. The molecule has 0 aromatic heterocycles.